The molecule has 1 aromatic carbocycles. The fraction of sp³-hybridized carbons (Fsp3) is 0.182. The number of nitrogens with one attached hydrogen (secondary N) is 1. The van der Waals surface area contributed by atoms with Crippen molar-refractivity contribution in [1.29, 1.82) is 0 Å². The van der Waals surface area contributed by atoms with Crippen molar-refractivity contribution in [3.05, 3.63) is 29.8 Å². The summed E-state index contributed by atoms with van der Waals surface area (Å²) in [5, 5.41) is 1.57. The second-order valence-corrected chi connectivity index (χ2v) is 4.71. The molecule has 0 aliphatic heterocycles. The summed E-state index contributed by atoms with van der Waals surface area (Å²) in [7, 11) is 0. The Morgan fingerprint density at radius 2 is 1.94 bits per heavy atom. The first kappa shape index (κ1) is 13.2. The number of nitrogens with two attached hydrogens (primary N) is 1. The van der Waals surface area contributed by atoms with Gasteiger partial charge in [-0.25, -0.2) is 4.79 Å². The molecule has 0 bridgehead atoms. The van der Waals surface area contributed by atoms with Crippen LogP contribution in [0.5, 0.6) is 0 Å². The Balaban J connectivity index is 2.60. The number of benzene rings is 1. The molecule has 0 spiro atoms. The summed E-state index contributed by atoms with van der Waals surface area (Å²) in [6, 6.07) is 5.94. The van der Waals surface area contributed by atoms with Crippen molar-refractivity contribution >= 4 is 30.0 Å². The predicted molar refractivity (Wildman–Crippen MR) is 64.9 cm³/mol. The average Bonchev–Trinajstić information content (AvgIpc) is 2.29. The predicted octanol–water partition coefficient (Wildman–Crippen LogP) is 1.17. The highest BCUT2D eigenvalue weighted by Gasteiger charge is 2.15. The van der Waals surface area contributed by atoms with Gasteiger partial charge in [0.05, 0.1) is 5.25 Å². The van der Waals surface area contributed by atoms with E-state index in [1.807, 2.05) is 5.32 Å². The van der Waals surface area contributed by atoms with E-state index < -0.39 is 17.2 Å². The summed E-state index contributed by atoms with van der Waals surface area (Å²) in [4.78, 5) is 33.2. The number of carbonyl (C=O) groups excluding carboxylic acids is 3. The maximum Gasteiger partial charge on any atom is 0.318 e. The number of urea groups is 1. The van der Waals surface area contributed by atoms with Crippen LogP contribution in [-0.4, -0.2) is 23.5 Å². The van der Waals surface area contributed by atoms with Crippen molar-refractivity contribution in [2.75, 3.05) is 0 Å². The summed E-state index contributed by atoms with van der Waals surface area (Å²) >= 11 is 1.28. The first-order valence-corrected chi connectivity index (χ1v) is 5.73. The lowest BCUT2D eigenvalue weighted by atomic mass is 10.2. The summed E-state index contributed by atoms with van der Waals surface area (Å²) in [6.07, 6.45) is 0.748. The standard InChI is InChI=1S/C11H12N2O3S/c1-7(10(15)13-11(12)16)17-9-4-2-8(6-14)3-5-9/h2-7H,1H3,(H3,12,13,15,16). The number of thioether (sulfide) groups is 1. The fourth-order valence-electron chi connectivity index (χ4n) is 1.11. The van der Waals surface area contributed by atoms with Gasteiger partial charge >= 0.3 is 6.03 Å². The Bertz CT molecular complexity index is 431. The van der Waals surface area contributed by atoms with Crippen molar-refractivity contribution in [2.24, 2.45) is 5.73 Å². The average molecular weight is 252 g/mol. The zero-order chi connectivity index (χ0) is 12.8. The fourth-order valence-corrected chi connectivity index (χ4v) is 1.97. The second kappa shape index (κ2) is 6.05. The first-order chi connectivity index (χ1) is 8.02. The Hall–Kier alpha value is -1.82. The zero-order valence-electron chi connectivity index (χ0n) is 9.17. The minimum atomic E-state index is -0.862. The molecule has 1 unspecified atom stereocenters. The molecule has 0 radical (unpaired) electrons. The molecule has 90 valence electrons. The molecule has 3 amide bonds. The van der Waals surface area contributed by atoms with Crippen LogP contribution in [0.1, 0.15) is 17.3 Å². The molecule has 6 heteroatoms. The molecule has 0 saturated carbocycles. The van der Waals surface area contributed by atoms with E-state index >= 15 is 0 Å². The number of aldehydes is 1. The Morgan fingerprint density at radius 3 is 2.41 bits per heavy atom. The molecule has 1 aromatic rings. The second-order valence-electron chi connectivity index (χ2n) is 3.30. The molecular formula is C11H12N2O3S. The molecule has 0 aromatic heterocycles. The van der Waals surface area contributed by atoms with E-state index in [-0.39, 0.29) is 0 Å². The first-order valence-electron chi connectivity index (χ1n) is 4.85. The monoisotopic (exact) mass is 252 g/mol. The molecule has 0 aliphatic rings. The SMILES string of the molecule is CC(Sc1ccc(C=O)cc1)C(=O)NC(N)=O. The highest BCUT2D eigenvalue weighted by Crippen LogP contribution is 2.23. The lowest BCUT2D eigenvalue weighted by molar-refractivity contribution is -0.119. The van der Waals surface area contributed by atoms with E-state index in [1.54, 1.807) is 31.2 Å². The Labute approximate surface area is 103 Å². The molecule has 17 heavy (non-hydrogen) atoms. The van der Waals surface area contributed by atoms with Crippen molar-refractivity contribution in [2.45, 2.75) is 17.1 Å². The van der Waals surface area contributed by atoms with E-state index in [9.17, 15) is 14.4 Å². The van der Waals surface area contributed by atoms with Gasteiger partial charge in [-0.2, -0.15) is 0 Å². The number of rotatable bonds is 4. The van der Waals surface area contributed by atoms with Crippen LogP contribution in [0.15, 0.2) is 29.2 Å². The zero-order valence-corrected chi connectivity index (χ0v) is 9.99. The van der Waals surface area contributed by atoms with Crippen LogP contribution in [0, 0.1) is 0 Å². The number of hydrogen-bond acceptors (Lipinski definition) is 4. The topological polar surface area (TPSA) is 89.3 Å². The van der Waals surface area contributed by atoms with Crippen molar-refractivity contribution in [3.8, 4) is 0 Å². The van der Waals surface area contributed by atoms with Crippen LogP contribution >= 0.6 is 11.8 Å². The van der Waals surface area contributed by atoms with E-state index in [2.05, 4.69) is 0 Å². The summed E-state index contributed by atoms with van der Waals surface area (Å²) in [5.74, 6) is -0.443. The van der Waals surface area contributed by atoms with E-state index in [0.29, 0.717) is 5.56 Å². The third-order valence-corrected chi connectivity index (χ3v) is 3.06. The molecule has 0 fully saturated rings. The van der Waals surface area contributed by atoms with E-state index in [0.717, 1.165) is 11.2 Å². The number of imide groups is 1. The molecular weight excluding hydrogens is 240 g/mol. The van der Waals surface area contributed by atoms with Crippen molar-refractivity contribution in [3.63, 3.8) is 0 Å². The summed E-state index contributed by atoms with van der Waals surface area (Å²) in [6.45, 7) is 1.66. The van der Waals surface area contributed by atoms with Crippen LogP contribution < -0.4 is 11.1 Å². The molecule has 0 saturated heterocycles. The highest BCUT2D eigenvalue weighted by atomic mass is 32.2. The van der Waals surface area contributed by atoms with Gasteiger partial charge in [0.1, 0.15) is 6.29 Å². The van der Waals surface area contributed by atoms with Gasteiger partial charge in [0.25, 0.3) is 0 Å². The molecule has 5 nitrogen and oxygen atoms in total. The lowest BCUT2D eigenvalue weighted by Crippen LogP contribution is -2.39. The van der Waals surface area contributed by atoms with Crippen LogP contribution in [0.2, 0.25) is 0 Å². The number of carbonyl (C=O) groups is 3. The van der Waals surface area contributed by atoms with Gasteiger partial charge in [-0.15, -0.1) is 11.8 Å². The van der Waals surface area contributed by atoms with Crippen LogP contribution in [-0.2, 0) is 4.79 Å². The van der Waals surface area contributed by atoms with Gasteiger partial charge in [0.2, 0.25) is 5.91 Å². The number of hydrogen-bond donors (Lipinski definition) is 2. The molecule has 0 aliphatic carbocycles. The van der Waals surface area contributed by atoms with Gasteiger partial charge in [-0.1, -0.05) is 12.1 Å². The van der Waals surface area contributed by atoms with Crippen molar-refractivity contribution < 1.29 is 14.4 Å². The van der Waals surface area contributed by atoms with Crippen LogP contribution in [0.25, 0.3) is 0 Å². The van der Waals surface area contributed by atoms with Gasteiger partial charge in [0, 0.05) is 10.5 Å². The van der Waals surface area contributed by atoms with Gasteiger partial charge in [0.15, 0.2) is 0 Å². The quantitative estimate of drug-likeness (QED) is 0.622. The number of amides is 3. The maximum absolute atomic E-state index is 11.4. The lowest BCUT2D eigenvalue weighted by Gasteiger charge is -2.09. The third-order valence-electron chi connectivity index (χ3n) is 1.94. The van der Waals surface area contributed by atoms with Crippen LogP contribution in [0.3, 0.4) is 0 Å². The smallest absolute Gasteiger partial charge is 0.318 e. The Morgan fingerprint density at radius 1 is 1.35 bits per heavy atom. The Kier molecular flexibility index (Phi) is 4.71. The van der Waals surface area contributed by atoms with Crippen molar-refractivity contribution in [1.82, 2.24) is 5.32 Å². The molecule has 0 heterocycles. The van der Waals surface area contributed by atoms with Crippen LogP contribution in [0.4, 0.5) is 4.79 Å². The van der Waals surface area contributed by atoms with Gasteiger partial charge in [-0.05, 0) is 19.1 Å². The minimum Gasteiger partial charge on any atom is -0.351 e. The largest absolute Gasteiger partial charge is 0.351 e. The molecule has 1 rings (SSSR count). The van der Waals surface area contributed by atoms with Gasteiger partial charge in [-0.3, -0.25) is 14.9 Å². The number of primary amides is 1. The molecule has 1 atom stereocenters. The highest BCUT2D eigenvalue weighted by molar-refractivity contribution is 8.00. The third kappa shape index (κ3) is 4.28. The summed E-state index contributed by atoms with van der Waals surface area (Å²) in [5.41, 5.74) is 5.42. The summed E-state index contributed by atoms with van der Waals surface area (Å²) < 4.78 is 0. The maximum atomic E-state index is 11.4. The van der Waals surface area contributed by atoms with E-state index in [4.69, 9.17) is 5.73 Å². The minimum absolute atomic E-state index is 0.440. The van der Waals surface area contributed by atoms with E-state index in [1.165, 1.54) is 11.8 Å². The molecule has 3 N–H and O–H groups in total. The normalized spacial score (nSPS) is 11.6. The van der Waals surface area contributed by atoms with Gasteiger partial charge < -0.3 is 5.73 Å².